The van der Waals surface area contributed by atoms with Crippen LogP contribution in [-0.2, 0) is 4.74 Å². The summed E-state index contributed by atoms with van der Waals surface area (Å²) in [5.74, 6) is -0.395. The van der Waals surface area contributed by atoms with Gasteiger partial charge < -0.3 is 9.64 Å². The van der Waals surface area contributed by atoms with Crippen LogP contribution >= 0.6 is 0 Å². The van der Waals surface area contributed by atoms with E-state index in [0.29, 0.717) is 24.5 Å². The summed E-state index contributed by atoms with van der Waals surface area (Å²) in [4.78, 5) is 14.7. The van der Waals surface area contributed by atoms with Crippen molar-refractivity contribution in [1.82, 2.24) is 14.7 Å². The summed E-state index contributed by atoms with van der Waals surface area (Å²) in [6.45, 7) is 1.18. The summed E-state index contributed by atoms with van der Waals surface area (Å²) >= 11 is 0. The number of morpholine rings is 1. The van der Waals surface area contributed by atoms with Crippen LogP contribution in [0, 0.1) is 5.82 Å². The van der Waals surface area contributed by atoms with Gasteiger partial charge in [-0.05, 0) is 43.5 Å². The van der Waals surface area contributed by atoms with Crippen LogP contribution < -0.4 is 0 Å². The zero-order valence-corrected chi connectivity index (χ0v) is 12.7. The zero-order chi connectivity index (χ0) is 15.8. The van der Waals surface area contributed by atoms with Crippen LogP contribution in [-0.4, -0.2) is 45.9 Å². The van der Waals surface area contributed by atoms with Crippen molar-refractivity contribution in [2.75, 3.05) is 13.2 Å². The molecule has 2 fully saturated rings. The number of hydrogen-bond donors (Lipinski definition) is 0. The first-order chi connectivity index (χ1) is 11.2. The molecule has 0 bridgehead atoms. The van der Waals surface area contributed by atoms with Gasteiger partial charge in [0.15, 0.2) is 5.69 Å². The fraction of sp³-hybridized carbons (Fsp3) is 0.412. The van der Waals surface area contributed by atoms with Crippen LogP contribution in [0.15, 0.2) is 36.5 Å². The molecule has 1 saturated carbocycles. The average Bonchev–Trinajstić information content (AvgIpc) is 3.23. The number of aromatic nitrogens is 2. The smallest absolute Gasteiger partial charge is 0.274 e. The Morgan fingerprint density at radius 2 is 2.22 bits per heavy atom. The maximum absolute atomic E-state index is 13.3. The number of rotatable bonds is 2. The summed E-state index contributed by atoms with van der Waals surface area (Å²) in [5, 5.41) is 4.33. The highest BCUT2D eigenvalue weighted by Crippen LogP contribution is 2.30. The van der Waals surface area contributed by atoms with Gasteiger partial charge in [-0.15, -0.1) is 0 Å². The van der Waals surface area contributed by atoms with Gasteiger partial charge in [0.25, 0.3) is 5.91 Å². The Bertz CT molecular complexity index is 730. The molecule has 2 aromatic rings. The number of fused-ring (bicyclic) bond motifs is 1. The van der Waals surface area contributed by atoms with Gasteiger partial charge in [-0.2, -0.15) is 5.10 Å². The normalized spacial score (nSPS) is 23.8. The average molecular weight is 315 g/mol. The van der Waals surface area contributed by atoms with E-state index in [-0.39, 0.29) is 23.9 Å². The maximum atomic E-state index is 13.3. The summed E-state index contributed by atoms with van der Waals surface area (Å²) in [6, 6.07) is 8.00. The van der Waals surface area contributed by atoms with Crippen LogP contribution in [0.4, 0.5) is 4.39 Å². The summed E-state index contributed by atoms with van der Waals surface area (Å²) in [7, 11) is 0. The SMILES string of the molecule is O=C(c1ccn(-c2cccc(F)c2)n1)N1CCO[C@@H]2CCC[C@@H]21. The monoisotopic (exact) mass is 315 g/mol. The van der Waals surface area contributed by atoms with Gasteiger partial charge in [0.05, 0.1) is 24.4 Å². The maximum Gasteiger partial charge on any atom is 0.274 e. The van der Waals surface area contributed by atoms with E-state index in [9.17, 15) is 9.18 Å². The third kappa shape index (κ3) is 2.63. The molecule has 6 heteroatoms. The number of ether oxygens (including phenoxy) is 1. The minimum atomic E-state index is -0.326. The topological polar surface area (TPSA) is 47.4 Å². The number of hydrogen-bond acceptors (Lipinski definition) is 3. The molecule has 1 aliphatic carbocycles. The lowest BCUT2D eigenvalue weighted by atomic mass is 10.1. The summed E-state index contributed by atoms with van der Waals surface area (Å²) < 4.78 is 20.6. The van der Waals surface area contributed by atoms with Gasteiger partial charge in [-0.1, -0.05) is 6.07 Å². The number of benzene rings is 1. The van der Waals surface area contributed by atoms with Crippen molar-refractivity contribution in [2.45, 2.75) is 31.4 Å². The van der Waals surface area contributed by atoms with E-state index in [1.165, 1.54) is 16.8 Å². The molecule has 2 atom stereocenters. The Kier molecular flexibility index (Phi) is 3.61. The molecule has 1 saturated heterocycles. The van der Waals surface area contributed by atoms with Crippen LogP contribution in [0.2, 0.25) is 0 Å². The third-order valence-electron chi connectivity index (χ3n) is 4.62. The Morgan fingerprint density at radius 3 is 3.09 bits per heavy atom. The van der Waals surface area contributed by atoms with Gasteiger partial charge in [0, 0.05) is 12.7 Å². The van der Waals surface area contributed by atoms with E-state index in [4.69, 9.17) is 4.74 Å². The second-order valence-electron chi connectivity index (χ2n) is 6.03. The predicted molar refractivity (Wildman–Crippen MR) is 81.9 cm³/mol. The largest absolute Gasteiger partial charge is 0.374 e. The fourth-order valence-electron chi connectivity index (χ4n) is 3.53. The van der Waals surface area contributed by atoms with Gasteiger partial charge in [-0.25, -0.2) is 9.07 Å². The van der Waals surface area contributed by atoms with Crippen molar-refractivity contribution in [1.29, 1.82) is 0 Å². The lowest BCUT2D eigenvalue weighted by Gasteiger charge is -2.37. The number of nitrogens with zero attached hydrogens (tertiary/aromatic N) is 3. The molecule has 120 valence electrons. The van der Waals surface area contributed by atoms with E-state index in [1.807, 2.05) is 4.90 Å². The van der Waals surface area contributed by atoms with Gasteiger partial charge in [0.1, 0.15) is 5.82 Å². The van der Waals surface area contributed by atoms with Crippen LogP contribution in [0.1, 0.15) is 29.8 Å². The quantitative estimate of drug-likeness (QED) is 0.855. The van der Waals surface area contributed by atoms with E-state index in [0.717, 1.165) is 19.3 Å². The molecule has 2 heterocycles. The number of halogens is 1. The van der Waals surface area contributed by atoms with E-state index in [1.54, 1.807) is 24.4 Å². The van der Waals surface area contributed by atoms with Crippen LogP contribution in [0.5, 0.6) is 0 Å². The molecule has 1 aromatic heterocycles. The molecule has 1 aliphatic heterocycles. The predicted octanol–water partition coefficient (Wildman–Crippen LogP) is 2.40. The molecule has 1 amide bonds. The van der Waals surface area contributed by atoms with Crippen molar-refractivity contribution in [2.24, 2.45) is 0 Å². The minimum absolute atomic E-state index is 0.0691. The number of amides is 1. The molecule has 4 rings (SSSR count). The van der Waals surface area contributed by atoms with Gasteiger partial charge in [0.2, 0.25) is 0 Å². The Balaban J connectivity index is 1.57. The Labute approximate surface area is 133 Å². The second-order valence-corrected chi connectivity index (χ2v) is 6.03. The van der Waals surface area contributed by atoms with Gasteiger partial charge >= 0.3 is 0 Å². The van der Waals surface area contributed by atoms with Crippen LogP contribution in [0.3, 0.4) is 0 Å². The molecular formula is C17H18FN3O2. The lowest BCUT2D eigenvalue weighted by molar-refractivity contribution is -0.0447. The summed E-state index contributed by atoms with van der Waals surface area (Å²) in [6.07, 6.45) is 4.96. The Hall–Kier alpha value is -2.21. The van der Waals surface area contributed by atoms with Crippen molar-refractivity contribution in [3.63, 3.8) is 0 Å². The molecular weight excluding hydrogens is 297 g/mol. The highest BCUT2D eigenvalue weighted by molar-refractivity contribution is 5.92. The van der Waals surface area contributed by atoms with Crippen molar-refractivity contribution in [3.8, 4) is 5.69 Å². The summed E-state index contributed by atoms with van der Waals surface area (Å²) in [5.41, 5.74) is 0.992. The third-order valence-corrected chi connectivity index (χ3v) is 4.62. The molecule has 0 N–H and O–H groups in total. The minimum Gasteiger partial charge on any atom is -0.374 e. The number of carbonyl (C=O) groups is 1. The lowest BCUT2D eigenvalue weighted by Crippen LogP contribution is -2.51. The van der Waals surface area contributed by atoms with Crippen LogP contribution in [0.25, 0.3) is 5.69 Å². The highest BCUT2D eigenvalue weighted by atomic mass is 19.1. The van der Waals surface area contributed by atoms with Crippen molar-refractivity contribution >= 4 is 5.91 Å². The first-order valence-electron chi connectivity index (χ1n) is 7.96. The molecule has 2 aliphatic rings. The molecule has 0 radical (unpaired) electrons. The highest BCUT2D eigenvalue weighted by Gasteiger charge is 2.39. The molecule has 1 aromatic carbocycles. The molecule has 5 nitrogen and oxygen atoms in total. The van der Waals surface area contributed by atoms with Gasteiger partial charge in [-0.3, -0.25) is 4.79 Å². The molecule has 0 unspecified atom stereocenters. The number of carbonyl (C=O) groups excluding carboxylic acids is 1. The first kappa shape index (κ1) is 14.4. The molecule has 0 spiro atoms. The van der Waals surface area contributed by atoms with E-state index >= 15 is 0 Å². The zero-order valence-electron chi connectivity index (χ0n) is 12.7. The second kappa shape index (κ2) is 5.77. The Morgan fingerprint density at radius 1 is 1.30 bits per heavy atom. The van der Waals surface area contributed by atoms with E-state index < -0.39 is 0 Å². The van der Waals surface area contributed by atoms with Crippen molar-refractivity contribution in [3.05, 3.63) is 48.0 Å². The standard InChI is InChI=1S/C17H18FN3O2/c18-12-3-1-4-13(11-12)21-8-7-14(19-21)17(22)20-9-10-23-16-6-2-5-15(16)20/h1,3-4,7-8,11,15-16H,2,5-6,9-10H2/t15-,16+/m0/s1. The first-order valence-corrected chi connectivity index (χ1v) is 7.96. The molecule has 23 heavy (non-hydrogen) atoms. The fourth-order valence-corrected chi connectivity index (χ4v) is 3.53. The van der Waals surface area contributed by atoms with Crippen molar-refractivity contribution < 1.29 is 13.9 Å². The van der Waals surface area contributed by atoms with E-state index in [2.05, 4.69) is 5.10 Å².